The summed E-state index contributed by atoms with van der Waals surface area (Å²) < 4.78 is 41.0. The van der Waals surface area contributed by atoms with Gasteiger partial charge in [0.15, 0.2) is 0 Å². The van der Waals surface area contributed by atoms with Crippen LogP contribution in [0.15, 0.2) is 47.4 Å². The lowest BCUT2D eigenvalue weighted by molar-refractivity contribution is 0.0614. The standard InChI is InChI=1S/C24H28ClFN2O3S/c25-22-13-10-19(16-23(22)32(30,31)27-14-4-5-15-27)24(29)28(21-6-2-1-3-7-21)17-18-8-11-20(26)12-9-18/h8-13,16,21H,1-7,14-15,17H2. The summed E-state index contributed by atoms with van der Waals surface area (Å²) in [5.74, 6) is -0.547. The van der Waals surface area contributed by atoms with E-state index in [9.17, 15) is 17.6 Å². The van der Waals surface area contributed by atoms with Gasteiger partial charge in [0.2, 0.25) is 10.0 Å². The minimum Gasteiger partial charge on any atom is -0.331 e. The second kappa shape index (κ2) is 9.89. The van der Waals surface area contributed by atoms with E-state index in [0.717, 1.165) is 50.5 Å². The summed E-state index contributed by atoms with van der Waals surface area (Å²) in [4.78, 5) is 15.4. The first-order valence-corrected chi connectivity index (χ1v) is 13.0. The first kappa shape index (κ1) is 23.2. The Hall–Kier alpha value is -1.96. The molecule has 1 heterocycles. The number of amides is 1. The van der Waals surface area contributed by atoms with Gasteiger partial charge in [0.1, 0.15) is 10.7 Å². The van der Waals surface area contributed by atoms with Crippen molar-refractivity contribution in [1.82, 2.24) is 9.21 Å². The fraction of sp³-hybridized carbons (Fsp3) is 0.458. The molecule has 172 valence electrons. The molecule has 2 fully saturated rings. The van der Waals surface area contributed by atoms with E-state index >= 15 is 0 Å². The lowest BCUT2D eigenvalue weighted by Gasteiger charge is -2.35. The van der Waals surface area contributed by atoms with Crippen LogP contribution in [0.3, 0.4) is 0 Å². The highest BCUT2D eigenvalue weighted by Crippen LogP contribution is 2.30. The quantitative estimate of drug-likeness (QED) is 0.570. The third-order valence-corrected chi connectivity index (χ3v) is 8.78. The van der Waals surface area contributed by atoms with Crippen LogP contribution in [0.4, 0.5) is 4.39 Å². The number of rotatable bonds is 6. The maximum atomic E-state index is 13.6. The zero-order valence-electron chi connectivity index (χ0n) is 18.0. The molecular weight excluding hydrogens is 451 g/mol. The number of carbonyl (C=O) groups is 1. The van der Waals surface area contributed by atoms with Crippen molar-refractivity contribution in [3.05, 3.63) is 64.4 Å². The van der Waals surface area contributed by atoms with Crippen molar-refractivity contribution in [1.29, 1.82) is 0 Å². The van der Waals surface area contributed by atoms with Gasteiger partial charge in [0, 0.05) is 31.2 Å². The van der Waals surface area contributed by atoms with Gasteiger partial charge in [-0.1, -0.05) is 43.0 Å². The smallest absolute Gasteiger partial charge is 0.254 e. The van der Waals surface area contributed by atoms with Gasteiger partial charge in [-0.15, -0.1) is 0 Å². The van der Waals surface area contributed by atoms with Crippen LogP contribution >= 0.6 is 11.6 Å². The zero-order valence-corrected chi connectivity index (χ0v) is 19.5. The molecule has 0 bridgehead atoms. The number of hydrogen-bond acceptors (Lipinski definition) is 3. The maximum Gasteiger partial charge on any atom is 0.254 e. The van der Waals surface area contributed by atoms with E-state index in [4.69, 9.17) is 11.6 Å². The van der Waals surface area contributed by atoms with Crippen molar-refractivity contribution in [3.63, 3.8) is 0 Å². The number of hydrogen-bond donors (Lipinski definition) is 0. The largest absolute Gasteiger partial charge is 0.331 e. The topological polar surface area (TPSA) is 57.7 Å². The second-order valence-electron chi connectivity index (χ2n) is 8.61. The summed E-state index contributed by atoms with van der Waals surface area (Å²) in [5.41, 5.74) is 1.14. The van der Waals surface area contributed by atoms with Gasteiger partial charge >= 0.3 is 0 Å². The predicted octanol–water partition coefficient (Wildman–Crippen LogP) is 5.24. The van der Waals surface area contributed by atoms with Crippen molar-refractivity contribution in [3.8, 4) is 0 Å². The molecule has 0 aromatic heterocycles. The summed E-state index contributed by atoms with van der Waals surface area (Å²) in [6.45, 7) is 1.28. The summed E-state index contributed by atoms with van der Waals surface area (Å²) in [6, 6.07) is 10.7. The molecule has 0 radical (unpaired) electrons. The molecule has 5 nitrogen and oxygen atoms in total. The summed E-state index contributed by atoms with van der Waals surface area (Å²) >= 11 is 6.27. The second-order valence-corrected chi connectivity index (χ2v) is 10.9. The van der Waals surface area contributed by atoms with Crippen molar-refractivity contribution in [2.45, 2.75) is 62.4 Å². The average molecular weight is 479 g/mol. The van der Waals surface area contributed by atoms with Crippen LogP contribution in [0.25, 0.3) is 0 Å². The van der Waals surface area contributed by atoms with Crippen LogP contribution in [-0.4, -0.2) is 42.7 Å². The monoisotopic (exact) mass is 478 g/mol. The van der Waals surface area contributed by atoms with Crippen LogP contribution in [0.2, 0.25) is 5.02 Å². The number of benzene rings is 2. The van der Waals surface area contributed by atoms with Gasteiger partial charge < -0.3 is 4.90 Å². The van der Waals surface area contributed by atoms with E-state index in [0.29, 0.717) is 25.2 Å². The molecule has 2 aliphatic rings. The molecule has 2 aromatic carbocycles. The molecule has 32 heavy (non-hydrogen) atoms. The third-order valence-electron chi connectivity index (χ3n) is 6.40. The molecular formula is C24H28ClFN2O3S. The molecule has 4 rings (SSSR count). The Morgan fingerprint density at radius 3 is 2.31 bits per heavy atom. The van der Waals surface area contributed by atoms with Crippen LogP contribution < -0.4 is 0 Å². The van der Waals surface area contributed by atoms with Gasteiger partial charge in [0.05, 0.1) is 5.02 Å². The Morgan fingerprint density at radius 1 is 1.00 bits per heavy atom. The van der Waals surface area contributed by atoms with E-state index in [1.165, 1.54) is 28.6 Å². The van der Waals surface area contributed by atoms with E-state index in [1.807, 2.05) is 4.90 Å². The van der Waals surface area contributed by atoms with E-state index in [1.54, 1.807) is 18.2 Å². The van der Waals surface area contributed by atoms with Gasteiger partial charge in [-0.25, -0.2) is 12.8 Å². The Kier molecular flexibility index (Phi) is 7.17. The van der Waals surface area contributed by atoms with Gasteiger partial charge in [0.25, 0.3) is 5.91 Å². The maximum absolute atomic E-state index is 13.6. The summed E-state index contributed by atoms with van der Waals surface area (Å²) in [6.07, 6.45) is 6.69. The van der Waals surface area contributed by atoms with Crippen molar-refractivity contribution >= 4 is 27.5 Å². The lowest BCUT2D eigenvalue weighted by Crippen LogP contribution is -2.41. The van der Waals surface area contributed by atoms with Gasteiger partial charge in [-0.2, -0.15) is 4.31 Å². The third kappa shape index (κ3) is 5.00. The zero-order chi connectivity index (χ0) is 22.7. The molecule has 2 aromatic rings. The number of carbonyl (C=O) groups excluding carboxylic acids is 1. The highest BCUT2D eigenvalue weighted by molar-refractivity contribution is 7.89. The number of halogens is 2. The Balaban J connectivity index is 1.66. The molecule has 8 heteroatoms. The molecule has 0 unspecified atom stereocenters. The first-order valence-electron chi connectivity index (χ1n) is 11.2. The van der Waals surface area contributed by atoms with Crippen LogP contribution in [-0.2, 0) is 16.6 Å². The summed E-state index contributed by atoms with van der Waals surface area (Å²) in [7, 11) is -3.75. The van der Waals surface area contributed by atoms with Gasteiger partial charge in [-0.05, 0) is 61.6 Å². The fourth-order valence-corrected chi connectivity index (χ4v) is 6.63. The molecule has 1 amide bonds. The normalized spacial score (nSPS) is 18.1. The van der Waals surface area contributed by atoms with E-state index in [2.05, 4.69) is 0 Å². The minimum atomic E-state index is -3.75. The SMILES string of the molecule is O=C(c1ccc(Cl)c(S(=O)(=O)N2CCCC2)c1)N(Cc1ccc(F)cc1)C1CCCCC1. The van der Waals surface area contributed by atoms with Crippen LogP contribution in [0.1, 0.15) is 60.9 Å². The van der Waals surface area contributed by atoms with Crippen molar-refractivity contribution in [2.75, 3.05) is 13.1 Å². The van der Waals surface area contributed by atoms with Crippen molar-refractivity contribution in [2.24, 2.45) is 0 Å². The molecule has 0 N–H and O–H groups in total. The minimum absolute atomic E-state index is 0.0164. The van der Waals surface area contributed by atoms with E-state index in [-0.39, 0.29) is 27.7 Å². The molecule has 1 aliphatic carbocycles. The molecule has 0 spiro atoms. The average Bonchev–Trinajstić information content (AvgIpc) is 3.35. The number of sulfonamides is 1. The number of nitrogens with zero attached hydrogens (tertiary/aromatic N) is 2. The Morgan fingerprint density at radius 2 is 1.66 bits per heavy atom. The molecule has 1 saturated carbocycles. The molecule has 1 saturated heterocycles. The predicted molar refractivity (Wildman–Crippen MR) is 123 cm³/mol. The van der Waals surface area contributed by atoms with E-state index < -0.39 is 10.0 Å². The van der Waals surface area contributed by atoms with Crippen molar-refractivity contribution < 1.29 is 17.6 Å². The van der Waals surface area contributed by atoms with Crippen LogP contribution in [0.5, 0.6) is 0 Å². The molecule has 1 aliphatic heterocycles. The Bertz CT molecular complexity index is 1060. The van der Waals surface area contributed by atoms with Gasteiger partial charge in [-0.3, -0.25) is 4.79 Å². The fourth-order valence-electron chi connectivity index (χ4n) is 4.61. The highest BCUT2D eigenvalue weighted by Gasteiger charge is 2.31. The van der Waals surface area contributed by atoms with Crippen LogP contribution in [0, 0.1) is 5.82 Å². The molecule has 0 atom stereocenters. The Labute approximate surface area is 194 Å². The lowest BCUT2D eigenvalue weighted by atomic mass is 9.93. The highest BCUT2D eigenvalue weighted by atomic mass is 35.5. The first-order chi connectivity index (χ1) is 15.4. The summed E-state index contributed by atoms with van der Waals surface area (Å²) in [5, 5.41) is 0.121.